The fourth-order valence-corrected chi connectivity index (χ4v) is 13.6. The largest absolute Gasteiger partial charge is 0.472 e. The molecule has 0 fully saturated rings. The van der Waals surface area contributed by atoms with E-state index >= 15 is 0 Å². The number of hydrogen-bond acceptors (Lipinski definition) is 15. The van der Waals surface area contributed by atoms with Crippen LogP contribution in [0.3, 0.4) is 0 Å². The van der Waals surface area contributed by atoms with Crippen molar-refractivity contribution in [1.82, 2.24) is 0 Å². The summed E-state index contributed by atoms with van der Waals surface area (Å²) in [5, 5.41) is 10.6. The molecule has 6 atom stereocenters. The zero-order chi connectivity index (χ0) is 71.2. The molecule has 0 amide bonds. The topological polar surface area (TPSA) is 237 Å². The van der Waals surface area contributed by atoms with Crippen LogP contribution in [0.15, 0.2) is 0 Å². The van der Waals surface area contributed by atoms with Gasteiger partial charge in [-0.25, -0.2) is 9.13 Å². The van der Waals surface area contributed by atoms with Gasteiger partial charge in [0.05, 0.1) is 26.4 Å². The van der Waals surface area contributed by atoms with Crippen LogP contribution in [0.25, 0.3) is 0 Å². The first kappa shape index (κ1) is 95.1. The zero-order valence-electron chi connectivity index (χ0n) is 63.2. The van der Waals surface area contributed by atoms with Crippen molar-refractivity contribution in [2.75, 3.05) is 39.6 Å². The quantitative estimate of drug-likeness (QED) is 0.0222. The smallest absolute Gasteiger partial charge is 0.462 e. The predicted molar refractivity (Wildman–Crippen MR) is 395 cm³/mol. The second-order valence-corrected chi connectivity index (χ2v) is 31.3. The highest BCUT2D eigenvalue weighted by Gasteiger charge is 2.30. The number of rotatable bonds is 78. The molecule has 0 saturated carbocycles. The van der Waals surface area contributed by atoms with Crippen molar-refractivity contribution < 1.29 is 80.2 Å². The van der Waals surface area contributed by atoms with Gasteiger partial charge >= 0.3 is 39.5 Å². The number of phosphoric ester groups is 2. The van der Waals surface area contributed by atoms with E-state index in [0.717, 1.165) is 95.8 Å². The van der Waals surface area contributed by atoms with Crippen molar-refractivity contribution in [3.63, 3.8) is 0 Å². The number of hydrogen-bond donors (Lipinski definition) is 3. The minimum atomic E-state index is -4.96. The van der Waals surface area contributed by atoms with Gasteiger partial charge in [-0.15, -0.1) is 0 Å². The molecule has 0 saturated heterocycles. The van der Waals surface area contributed by atoms with Crippen molar-refractivity contribution in [3.8, 4) is 0 Å². The maximum absolute atomic E-state index is 13.1. The first-order valence-electron chi connectivity index (χ1n) is 40.7. The molecule has 0 spiro atoms. The van der Waals surface area contributed by atoms with E-state index in [-0.39, 0.29) is 25.7 Å². The summed E-state index contributed by atoms with van der Waals surface area (Å²) in [4.78, 5) is 72.8. The summed E-state index contributed by atoms with van der Waals surface area (Å²) in [6.45, 7) is 7.29. The Hall–Kier alpha value is -1.94. The second kappa shape index (κ2) is 71.1. The number of esters is 4. The van der Waals surface area contributed by atoms with Gasteiger partial charge in [0.25, 0.3) is 0 Å². The van der Waals surface area contributed by atoms with Gasteiger partial charge in [-0.2, -0.15) is 0 Å². The van der Waals surface area contributed by atoms with Crippen LogP contribution in [0, 0.1) is 5.92 Å². The van der Waals surface area contributed by atoms with Crippen LogP contribution in [0.2, 0.25) is 0 Å². The maximum atomic E-state index is 13.1. The number of aliphatic hydroxyl groups excluding tert-OH is 1. The van der Waals surface area contributed by atoms with Crippen LogP contribution in [-0.2, 0) is 65.4 Å². The van der Waals surface area contributed by atoms with Crippen molar-refractivity contribution in [1.29, 1.82) is 0 Å². The molecular weight excluding hydrogens is 1270 g/mol. The van der Waals surface area contributed by atoms with Gasteiger partial charge in [0.15, 0.2) is 12.2 Å². The summed E-state index contributed by atoms with van der Waals surface area (Å²) in [6.07, 6.45) is 61.1. The lowest BCUT2D eigenvalue weighted by Crippen LogP contribution is -2.30. The van der Waals surface area contributed by atoms with Gasteiger partial charge in [-0.1, -0.05) is 362 Å². The van der Waals surface area contributed by atoms with E-state index in [0.29, 0.717) is 25.7 Å². The van der Waals surface area contributed by atoms with Crippen molar-refractivity contribution >= 4 is 39.5 Å². The lowest BCUT2D eigenvalue weighted by Gasteiger charge is -2.21. The summed E-state index contributed by atoms with van der Waals surface area (Å²) in [7, 11) is -9.91. The average Bonchev–Trinajstić information content (AvgIpc) is 1.39. The van der Waals surface area contributed by atoms with E-state index in [1.165, 1.54) is 238 Å². The van der Waals surface area contributed by atoms with Crippen LogP contribution in [-0.4, -0.2) is 96.7 Å². The van der Waals surface area contributed by atoms with Crippen LogP contribution in [0.5, 0.6) is 0 Å². The molecular formula is C78H152O17P2. The Balaban J connectivity index is 5.22. The zero-order valence-corrected chi connectivity index (χ0v) is 65.0. The van der Waals surface area contributed by atoms with E-state index in [1.807, 2.05) is 0 Å². The van der Waals surface area contributed by atoms with Gasteiger partial charge in [0.2, 0.25) is 0 Å². The number of carbonyl (C=O) groups excluding carboxylic acids is 4. The standard InChI is InChI=1S/C78H152O17P2/c1-6-10-13-16-19-22-24-26-28-30-31-33-35-37-39-42-48-53-58-63-77(82)94-73(68-89-76(81)62-57-52-47-41-38-36-34-32-29-27-25-23-20-17-14-11-7-2)69-92-96(84,85)90-65-72(79)66-91-97(86,87)93-70-74(67-88-75(80)61-56-51-46-40-21-18-15-12-8-3)95-78(83)64-59-54-49-44-43-45-50-55-60-71(5)9-4/h71-74,79H,6-70H2,1-5H3,(H,84,85)(H,86,87)/t71?,72-,73-,74-/m1/s1. The van der Waals surface area contributed by atoms with E-state index in [2.05, 4.69) is 34.6 Å². The van der Waals surface area contributed by atoms with E-state index in [4.69, 9.17) is 37.0 Å². The van der Waals surface area contributed by atoms with Crippen molar-refractivity contribution in [3.05, 3.63) is 0 Å². The number of unbranched alkanes of at least 4 members (excludes halogenated alkanes) is 49. The summed E-state index contributed by atoms with van der Waals surface area (Å²) in [5.74, 6) is -1.34. The molecule has 0 bridgehead atoms. The fourth-order valence-electron chi connectivity index (χ4n) is 12.0. The molecule has 0 aromatic rings. The maximum Gasteiger partial charge on any atom is 0.472 e. The summed E-state index contributed by atoms with van der Waals surface area (Å²) in [6, 6.07) is 0. The third-order valence-electron chi connectivity index (χ3n) is 18.6. The van der Waals surface area contributed by atoms with Crippen molar-refractivity contribution in [2.24, 2.45) is 5.92 Å². The highest BCUT2D eigenvalue weighted by molar-refractivity contribution is 7.47. The molecule has 3 unspecified atom stereocenters. The third-order valence-corrected chi connectivity index (χ3v) is 20.5. The monoisotopic (exact) mass is 1420 g/mol. The first-order valence-corrected chi connectivity index (χ1v) is 43.7. The van der Waals surface area contributed by atoms with Crippen molar-refractivity contribution in [2.45, 2.75) is 432 Å². The van der Waals surface area contributed by atoms with Gasteiger partial charge in [-0.3, -0.25) is 37.3 Å². The normalized spacial score (nSPS) is 14.2. The highest BCUT2D eigenvalue weighted by atomic mass is 31.2. The number of aliphatic hydroxyl groups is 1. The average molecular weight is 1420 g/mol. The SMILES string of the molecule is CCCCCCCCCCCCCCCCCCCCCC(=O)O[C@H](COC(=O)CCCCCCCCCCCCCCCCCCC)COP(=O)(O)OC[C@@H](O)COP(=O)(O)OC[C@@H](COC(=O)CCCCCCCCCCC)OC(=O)CCCCCCCCCCC(C)CC. The Morgan fingerprint density at radius 2 is 0.495 bits per heavy atom. The molecule has 0 aliphatic rings. The van der Waals surface area contributed by atoms with Crippen LogP contribution in [0.4, 0.5) is 0 Å². The molecule has 97 heavy (non-hydrogen) atoms. The minimum Gasteiger partial charge on any atom is -0.462 e. The molecule has 0 heterocycles. The van der Waals surface area contributed by atoms with Crippen LogP contribution >= 0.6 is 15.6 Å². The van der Waals surface area contributed by atoms with E-state index < -0.39 is 97.5 Å². The molecule has 19 heteroatoms. The molecule has 0 aromatic carbocycles. The number of phosphoric acid groups is 2. The van der Waals surface area contributed by atoms with Gasteiger partial charge in [-0.05, 0) is 31.6 Å². The summed E-state index contributed by atoms with van der Waals surface area (Å²) in [5.41, 5.74) is 0. The summed E-state index contributed by atoms with van der Waals surface area (Å²) >= 11 is 0. The highest BCUT2D eigenvalue weighted by Crippen LogP contribution is 2.45. The van der Waals surface area contributed by atoms with E-state index in [1.54, 1.807) is 0 Å². The summed E-state index contributed by atoms with van der Waals surface area (Å²) < 4.78 is 68.6. The molecule has 0 aliphatic carbocycles. The molecule has 0 aromatic heterocycles. The molecule has 0 rings (SSSR count). The van der Waals surface area contributed by atoms with Gasteiger partial charge in [0.1, 0.15) is 19.3 Å². The lowest BCUT2D eigenvalue weighted by molar-refractivity contribution is -0.161. The Morgan fingerprint density at radius 1 is 0.289 bits per heavy atom. The lowest BCUT2D eigenvalue weighted by atomic mass is 9.99. The van der Waals surface area contributed by atoms with E-state index in [9.17, 15) is 43.2 Å². The van der Waals surface area contributed by atoms with Crippen LogP contribution < -0.4 is 0 Å². The Morgan fingerprint density at radius 3 is 0.732 bits per heavy atom. The number of ether oxygens (including phenoxy) is 4. The Bertz CT molecular complexity index is 1860. The molecule has 576 valence electrons. The van der Waals surface area contributed by atoms with Gasteiger partial charge < -0.3 is 33.8 Å². The molecule has 17 nitrogen and oxygen atoms in total. The molecule has 3 N–H and O–H groups in total. The van der Waals surface area contributed by atoms with Gasteiger partial charge in [0, 0.05) is 25.7 Å². The van der Waals surface area contributed by atoms with Crippen LogP contribution in [0.1, 0.15) is 413 Å². The fraction of sp³-hybridized carbons (Fsp3) is 0.949. The predicted octanol–water partition coefficient (Wildman–Crippen LogP) is 23.3. The Kier molecular flexibility index (Phi) is 69.6. The number of carbonyl (C=O) groups is 4. The minimum absolute atomic E-state index is 0.105. The molecule has 0 radical (unpaired) electrons. The first-order chi connectivity index (χ1) is 47.1. The third kappa shape index (κ3) is 70.9. The molecule has 0 aliphatic heterocycles. The Labute approximate surface area is 594 Å². The second-order valence-electron chi connectivity index (χ2n) is 28.3.